The first kappa shape index (κ1) is 20.3. The maximum Gasteiger partial charge on any atom is 0.251 e. The molecule has 0 fully saturated rings. The number of rotatable bonds is 6. The standard InChI is InChI=1S/C26H30N2O2/c1-4-30-25-8-6-5-7-21(25)17-27-26(29)20-10-12-23(13-11-20)28-19(3)16-22-15-18(2)9-14-24(22)28/h5-8,10-13,16,18H,4,9,14-15,17H2,1-3H3,(H,27,29)/t18-/m0/s1. The Bertz CT molecular complexity index is 1030. The molecule has 4 rings (SSSR count). The molecule has 1 aliphatic carbocycles. The fourth-order valence-corrected chi connectivity index (χ4v) is 4.41. The van der Waals surface area contributed by atoms with Gasteiger partial charge in [-0.25, -0.2) is 0 Å². The molecule has 0 spiro atoms. The highest BCUT2D eigenvalue weighted by Gasteiger charge is 2.21. The Labute approximate surface area is 178 Å². The summed E-state index contributed by atoms with van der Waals surface area (Å²) >= 11 is 0. The van der Waals surface area contributed by atoms with Crippen molar-refractivity contribution in [1.29, 1.82) is 0 Å². The molecule has 0 aliphatic heterocycles. The van der Waals surface area contributed by atoms with Gasteiger partial charge in [-0.15, -0.1) is 0 Å². The molecule has 1 aliphatic rings. The van der Waals surface area contributed by atoms with E-state index in [1.165, 1.54) is 23.4 Å². The topological polar surface area (TPSA) is 43.3 Å². The second kappa shape index (κ2) is 8.78. The first-order valence-corrected chi connectivity index (χ1v) is 10.9. The lowest BCUT2D eigenvalue weighted by atomic mass is 9.89. The number of carbonyl (C=O) groups excluding carboxylic acids is 1. The minimum Gasteiger partial charge on any atom is -0.494 e. The minimum absolute atomic E-state index is 0.0760. The smallest absolute Gasteiger partial charge is 0.251 e. The van der Waals surface area contributed by atoms with Crippen LogP contribution in [-0.2, 0) is 19.4 Å². The Morgan fingerprint density at radius 3 is 2.70 bits per heavy atom. The van der Waals surface area contributed by atoms with Crippen LogP contribution in [-0.4, -0.2) is 17.1 Å². The van der Waals surface area contributed by atoms with Gasteiger partial charge in [0.2, 0.25) is 0 Å². The Morgan fingerprint density at radius 1 is 1.17 bits per heavy atom. The molecule has 2 aromatic carbocycles. The van der Waals surface area contributed by atoms with E-state index in [-0.39, 0.29) is 5.91 Å². The zero-order valence-corrected chi connectivity index (χ0v) is 18.1. The second-order valence-electron chi connectivity index (χ2n) is 8.21. The Kier molecular flexibility index (Phi) is 5.93. The zero-order valence-electron chi connectivity index (χ0n) is 18.1. The number of ether oxygens (including phenoxy) is 1. The second-order valence-corrected chi connectivity index (χ2v) is 8.21. The molecule has 1 atom stereocenters. The van der Waals surface area contributed by atoms with Gasteiger partial charge in [0.25, 0.3) is 5.91 Å². The van der Waals surface area contributed by atoms with Crippen molar-refractivity contribution in [2.24, 2.45) is 5.92 Å². The van der Waals surface area contributed by atoms with Gasteiger partial charge >= 0.3 is 0 Å². The average molecular weight is 403 g/mol. The Hall–Kier alpha value is -3.01. The predicted octanol–water partition coefficient (Wildman–Crippen LogP) is 5.24. The van der Waals surface area contributed by atoms with Crippen LogP contribution in [0.15, 0.2) is 54.6 Å². The summed E-state index contributed by atoms with van der Waals surface area (Å²) in [7, 11) is 0. The number of aromatic nitrogens is 1. The summed E-state index contributed by atoms with van der Waals surface area (Å²) in [6.07, 6.45) is 3.51. The summed E-state index contributed by atoms with van der Waals surface area (Å²) in [5, 5.41) is 3.01. The van der Waals surface area contributed by atoms with Crippen LogP contribution in [0.3, 0.4) is 0 Å². The Balaban J connectivity index is 1.48. The Morgan fingerprint density at radius 2 is 1.93 bits per heavy atom. The quantitative estimate of drug-likeness (QED) is 0.613. The molecule has 4 heteroatoms. The molecule has 0 saturated carbocycles. The minimum atomic E-state index is -0.0760. The summed E-state index contributed by atoms with van der Waals surface area (Å²) in [6.45, 7) is 7.50. The van der Waals surface area contributed by atoms with Gasteiger partial charge in [-0.05, 0) is 81.0 Å². The molecule has 0 unspecified atom stereocenters. The summed E-state index contributed by atoms with van der Waals surface area (Å²) < 4.78 is 7.99. The van der Waals surface area contributed by atoms with E-state index in [9.17, 15) is 4.79 Å². The van der Waals surface area contributed by atoms with Gasteiger partial charge in [-0.2, -0.15) is 0 Å². The van der Waals surface area contributed by atoms with E-state index in [0.29, 0.717) is 18.7 Å². The molecule has 1 heterocycles. The zero-order chi connectivity index (χ0) is 21.1. The van der Waals surface area contributed by atoms with Crippen molar-refractivity contribution in [3.05, 3.63) is 82.7 Å². The number of benzene rings is 2. The molecule has 0 bridgehead atoms. The van der Waals surface area contributed by atoms with Gasteiger partial charge in [0, 0.05) is 34.7 Å². The third kappa shape index (κ3) is 4.13. The highest BCUT2D eigenvalue weighted by Crippen LogP contribution is 2.30. The monoisotopic (exact) mass is 402 g/mol. The van der Waals surface area contributed by atoms with E-state index in [1.54, 1.807) is 0 Å². The van der Waals surface area contributed by atoms with Gasteiger partial charge in [-0.1, -0.05) is 25.1 Å². The molecule has 0 saturated heterocycles. The summed E-state index contributed by atoms with van der Waals surface area (Å²) in [6, 6.07) is 18.1. The van der Waals surface area contributed by atoms with E-state index < -0.39 is 0 Å². The van der Waals surface area contributed by atoms with Crippen LogP contribution in [0.4, 0.5) is 0 Å². The SMILES string of the molecule is CCOc1ccccc1CNC(=O)c1ccc(-n2c(C)cc3c2CC[C@H](C)C3)cc1. The first-order chi connectivity index (χ1) is 14.6. The number of hydrogen-bond acceptors (Lipinski definition) is 2. The number of amides is 1. The van der Waals surface area contributed by atoms with Gasteiger partial charge in [0.05, 0.1) is 6.61 Å². The van der Waals surface area contributed by atoms with E-state index >= 15 is 0 Å². The lowest BCUT2D eigenvalue weighted by Gasteiger charge is -2.21. The molecule has 3 aromatic rings. The van der Waals surface area contributed by atoms with E-state index in [0.717, 1.165) is 35.8 Å². The summed E-state index contributed by atoms with van der Waals surface area (Å²) in [4.78, 5) is 12.7. The van der Waals surface area contributed by atoms with Gasteiger partial charge in [0.1, 0.15) is 5.75 Å². The highest BCUT2D eigenvalue weighted by atomic mass is 16.5. The van der Waals surface area contributed by atoms with Gasteiger partial charge in [-0.3, -0.25) is 4.79 Å². The van der Waals surface area contributed by atoms with Crippen LogP contribution in [0.1, 0.15) is 53.1 Å². The molecule has 1 N–H and O–H groups in total. The summed E-state index contributed by atoms with van der Waals surface area (Å²) in [5.41, 5.74) is 6.94. The van der Waals surface area contributed by atoms with Crippen molar-refractivity contribution in [1.82, 2.24) is 9.88 Å². The molecule has 156 valence electrons. The van der Waals surface area contributed by atoms with E-state index in [2.05, 4.69) is 29.8 Å². The van der Waals surface area contributed by atoms with Crippen molar-refractivity contribution in [2.75, 3.05) is 6.61 Å². The van der Waals surface area contributed by atoms with Crippen LogP contribution < -0.4 is 10.1 Å². The maximum atomic E-state index is 12.7. The van der Waals surface area contributed by atoms with Crippen LogP contribution in [0.5, 0.6) is 5.75 Å². The van der Waals surface area contributed by atoms with E-state index in [1.807, 2.05) is 55.5 Å². The lowest BCUT2D eigenvalue weighted by Crippen LogP contribution is -2.23. The number of fused-ring (bicyclic) bond motifs is 1. The molecule has 1 amide bonds. The molecule has 4 nitrogen and oxygen atoms in total. The van der Waals surface area contributed by atoms with Crippen molar-refractivity contribution >= 4 is 5.91 Å². The van der Waals surface area contributed by atoms with E-state index in [4.69, 9.17) is 4.74 Å². The largest absolute Gasteiger partial charge is 0.494 e. The van der Waals surface area contributed by atoms with Crippen LogP contribution >= 0.6 is 0 Å². The maximum absolute atomic E-state index is 12.7. The number of aryl methyl sites for hydroxylation is 1. The molecular formula is C26H30N2O2. The average Bonchev–Trinajstić information content (AvgIpc) is 3.08. The third-order valence-corrected chi connectivity index (χ3v) is 5.92. The van der Waals surface area contributed by atoms with Gasteiger partial charge < -0.3 is 14.6 Å². The molecule has 1 aromatic heterocycles. The molecular weight excluding hydrogens is 372 g/mol. The number of nitrogens with zero attached hydrogens (tertiary/aromatic N) is 1. The number of para-hydroxylation sites is 1. The fourth-order valence-electron chi connectivity index (χ4n) is 4.41. The normalized spacial score (nSPS) is 15.5. The molecule has 30 heavy (non-hydrogen) atoms. The molecule has 0 radical (unpaired) electrons. The van der Waals surface area contributed by atoms with Crippen LogP contribution in [0, 0.1) is 12.8 Å². The first-order valence-electron chi connectivity index (χ1n) is 10.9. The van der Waals surface area contributed by atoms with Crippen molar-refractivity contribution < 1.29 is 9.53 Å². The third-order valence-electron chi connectivity index (χ3n) is 5.92. The fraction of sp³-hybridized carbons (Fsp3) is 0.346. The predicted molar refractivity (Wildman–Crippen MR) is 120 cm³/mol. The van der Waals surface area contributed by atoms with Crippen molar-refractivity contribution in [3.63, 3.8) is 0 Å². The van der Waals surface area contributed by atoms with Crippen LogP contribution in [0.25, 0.3) is 5.69 Å². The summed E-state index contributed by atoms with van der Waals surface area (Å²) in [5.74, 6) is 1.50. The lowest BCUT2D eigenvalue weighted by molar-refractivity contribution is 0.0950. The number of hydrogen-bond donors (Lipinski definition) is 1. The number of nitrogens with one attached hydrogen (secondary N) is 1. The van der Waals surface area contributed by atoms with Crippen molar-refractivity contribution in [2.45, 2.75) is 46.6 Å². The van der Waals surface area contributed by atoms with Crippen molar-refractivity contribution in [3.8, 4) is 11.4 Å². The highest BCUT2D eigenvalue weighted by molar-refractivity contribution is 5.94. The van der Waals surface area contributed by atoms with Crippen LogP contribution in [0.2, 0.25) is 0 Å². The number of carbonyl (C=O) groups is 1. The van der Waals surface area contributed by atoms with Gasteiger partial charge in [0.15, 0.2) is 0 Å².